The van der Waals surface area contributed by atoms with E-state index in [1.807, 2.05) is 0 Å². The van der Waals surface area contributed by atoms with E-state index in [1.165, 1.54) is 31.8 Å². The van der Waals surface area contributed by atoms with Crippen LogP contribution < -0.4 is 0 Å². The normalized spacial score (nSPS) is 53.1. The first-order chi connectivity index (χ1) is 17.1. The molecule has 6 unspecified atom stereocenters. The summed E-state index contributed by atoms with van der Waals surface area (Å²) in [6.07, 6.45) is 8.96. The highest BCUT2D eigenvalue weighted by atomic mass is 16.5. The number of aliphatic carboxylic acids is 1. The fourth-order valence-electron chi connectivity index (χ4n) is 11.0. The molecule has 0 aromatic rings. The Morgan fingerprint density at radius 2 is 1.62 bits per heavy atom. The minimum Gasteiger partial charge on any atom is -0.481 e. The molecule has 5 aliphatic carbocycles. The molecule has 0 bridgehead atoms. The van der Waals surface area contributed by atoms with E-state index >= 15 is 0 Å². The van der Waals surface area contributed by atoms with Crippen molar-refractivity contribution in [2.45, 2.75) is 113 Å². The number of rotatable bonds is 2. The summed E-state index contributed by atoms with van der Waals surface area (Å²) in [6, 6.07) is 0. The maximum absolute atomic E-state index is 14.4. The predicted molar refractivity (Wildman–Crippen MR) is 143 cm³/mol. The number of carbonyl (C=O) groups excluding carboxylic acids is 2. The van der Waals surface area contributed by atoms with E-state index in [-0.39, 0.29) is 33.9 Å². The van der Waals surface area contributed by atoms with Crippen molar-refractivity contribution in [2.75, 3.05) is 0 Å². The second-order valence-electron chi connectivity index (χ2n) is 15.0. The molecule has 5 aliphatic rings. The summed E-state index contributed by atoms with van der Waals surface area (Å²) in [6.45, 7) is 17.4. The Morgan fingerprint density at radius 1 is 0.946 bits per heavy atom. The van der Waals surface area contributed by atoms with Gasteiger partial charge in [-0.3, -0.25) is 14.4 Å². The number of ether oxygens (including phenoxy) is 1. The molecule has 0 aliphatic heterocycles. The first-order valence-corrected chi connectivity index (χ1v) is 14.7. The van der Waals surface area contributed by atoms with Gasteiger partial charge in [0.05, 0.1) is 0 Å². The molecule has 5 heteroatoms. The van der Waals surface area contributed by atoms with Gasteiger partial charge in [0, 0.05) is 12.8 Å². The van der Waals surface area contributed by atoms with Crippen molar-refractivity contribution in [1.82, 2.24) is 0 Å². The summed E-state index contributed by atoms with van der Waals surface area (Å²) in [5.41, 5.74) is -0.280. The molecule has 0 amide bonds. The van der Waals surface area contributed by atoms with Crippen molar-refractivity contribution in [3.8, 4) is 0 Å². The topological polar surface area (TPSA) is 80.7 Å². The lowest BCUT2D eigenvalue weighted by atomic mass is 9.33. The molecule has 4 saturated carbocycles. The van der Waals surface area contributed by atoms with Gasteiger partial charge < -0.3 is 9.84 Å². The van der Waals surface area contributed by atoms with Gasteiger partial charge in [-0.25, -0.2) is 0 Å². The van der Waals surface area contributed by atoms with E-state index < -0.39 is 28.9 Å². The average molecular weight is 513 g/mol. The van der Waals surface area contributed by atoms with Crippen LogP contribution in [0.3, 0.4) is 0 Å². The Bertz CT molecular complexity index is 1060. The van der Waals surface area contributed by atoms with E-state index in [2.05, 4.69) is 47.6 Å². The first kappa shape index (κ1) is 26.9. The van der Waals surface area contributed by atoms with Gasteiger partial charge >= 0.3 is 11.9 Å². The standard InChI is InChI=1S/C32H48O5/c1-18-9-12-28(4)15-16-30(6)21(25(28)19(18)2)17-22(34)26-29(5)13-11-24(37-20(3)33)32(8,27(35)36)23(29)10-14-31(26,30)7/h17-19,23-26H,9-16H2,1-8H3,(H,35,36)/t18?,19-,23?,24?,25?,26?,28+,29-,30?,31+,32+/m0/s1. The van der Waals surface area contributed by atoms with E-state index in [1.54, 1.807) is 6.92 Å². The molecule has 0 spiro atoms. The summed E-state index contributed by atoms with van der Waals surface area (Å²) in [4.78, 5) is 39.1. The molecule has 0 aromatic heterocycles. The van der Waals surface area contributed by atoms with Crippen LogP contribution in [-0.4, -0.2) is 28.9 Å². The molecule has 37 heavy (non-hydrogen) atoms. The highest BCUT2D eigenvalue weighted by molar-refractivity contribution is 5.96. The molecule has 5 rings (SSSR count). The predicted octanol–water partition coefficient (Wildman–Crippen LogP) is 6.84. The first-order valence-electron chi connectivity index (χ1n) is 14.7. The molecule has 1 N–H and O–H groups in total. The summed E-state index contributed by atoms with van der Waals surface area (Å²) in [7, 11) is 0. The monoisotopic (exact) mass is 512 g/mol. The highest BCUT2D eigenvalue weighted by Crippen LogP contribution is 2.75. The van der Waals surface area contributed by atoms with E-state index in [0.717, 1.165) is 19.3 Å². The van der Waals surface area contributed by atoms with Crippen LogP contribution in [0.25, 0.3) is 0 Å². The van der Waals surface area contributed by atoms with Gasteiger partial charge in [0.25, 0.3) is 0 Å². The van der Waals surface area contributed by atoms with Crippen molar-refractivity contribution < 1.29 is 24.2 Å². The highest BCUT2D eigenvalue weighted by Gasteiger charge is 2.72. The van der Waals surface area contributed by atoms with Crippen LogP contribution in [0.2, 0.25) is 0 Å². The number of allylic oxidation sites excluding steroid dienone is 2. The zero-order chi connectivity index (χ0) is 27.3. The molecule has 0 radical (unpaired) electrons. The lowest BCUT2D eigenvalue weighted by Crippen LogP contribution is -2.68. The van der Waals surface area contributed by atoms with E-state index in [0.29, 0.717) is 30.6 Å². The van der Waals surface area contributed by atoms with Crippen LogP contribution in [0.5, 0.6) is 0 Å². The largest absolute Gasteiger partial charge is 0.481 e. The van der Waals surface area contributed by atoms with Crippen molar-refractivity contribution in [3.05, 3.63) is 11.6 Å². The van der Waals surface area contributed by atoms with Gasteiger partial charge in [0.15, 0.2) is 5.78 Å². The minimum absolute atomic E-state index is 0.0680. The number of carbonyl (C=O) groups is 3. The van der Waals surface area contributed by atoms with Crippen molar-refractivity contribution in [2.24, 2.45) is 56.7 Å². The number of hydrogen-bond donors (Lipinski definition) is 1. The third-order valence-electron chi connectivity index (χ3n) is 13.5. The Morgan fingerprint density at radius 3 is 2.24 bits per heavy atom. The maximum Gasteiger partial charge on any atom is 0.313 e. The second kappa shape index (κ2) is 8.18. The lowest BCUT2D eigenvalue weighted by molar-refractivity contribution is -0.220. The fraction of sp³-hybridized carbons (Fsp3) is 0.844. The number of esters is 1. The molecule has 0 heterocycles. The van der Waals surface area contributed by atoms with Crippen molar-refractivity contribution >= 4 is 17.7 Å². The lowest BCUT2D eigenvalue weighted by Gasteiger charge is -2.70. The Hall–Kier alpha value is -1.65. The smallest absolute Gasteiger partial charge is 0.313 e. The van der Waals surface area contributed by atoms with Crippen LogP contribution >= 0.6 is 0 Å². The fourth-order valence-corrected chi connectivity index (χ4v) is 11.0. The van der Waals surface area contributed by atoms with Crippen LogP contribution in [0, 0.1) is 56.7 Å². The quantitative estimate of drug-likeness (QED) is 0.410. The number of fused-ring (bicyclic) bond motifs is 7. The summed E-state index contributed by atoms with van der Waals surface area (Å²) >= 11 is 0. The van der Waals surface area contributed by atoms with Crippen LogP contribution in [-0.2, 0) is 19.1 Å². The van der Waals surface area contributed by atoms with Crippen molar-refractivity contribution in [1.29, 1.82) is 0 Å². The third-order valence-corrected chi connectivity index (χ3v) is 13.5. The van der Waals surface area contributed by atoms with Gasteiger partial charge in [-0.1, -0.05) is 47.1 Å². The third kappa shape index (κ3) is 3.30. The number of carboxylic acids is 1. The van der Waals surface area contributed by atoms with Gasteiger partial charge in [-0.2, -0.15) is 0 Å². The molecular formula is C32H48O5. The van der Waals surface area contributed by atoms with Gasteiger partial charge in [-0.15, -0.1) is 0 Å². The van der Waals surface area contributed by atoms with Gasteiger partial charge in [0.1, 0.15) is 11.5 Å². The van der Waals surface area contributed by atoms with Crippen LogP contribution in [0.15, 0.2) is 11.6 Å². The number of hydrogen-bond acceptors (Lipinski definition) is 4. The average Bonchev–Trinajstić information content (AvgIpc) is 2.79. The molecular weight excluding hydrogens is 464 g/mol. The SMILES string of the molecule is CC(=O)OC1CC[C@@]2(C)C(CC[C@]3(C)C2C(=O)C=C2C4[C@@H](C)C(C)CC[C@]4(C)CCC23C)[C@@]1(C)C(=O)O. The summed E-state index contributed by atoms with van der Waals surface area (Å²) < 4.78 is 5.63. The van der Waals surface area contributed by atoms with Crippen molar-refractivity contribution in [3.63, 3.8) is 0 Å². The zero-order valence-electron chi connectivity index (χ0n) is 24.3. The Balaban J connectivity index is 1.62. The molecule has 5 nitrogen and oxygen atoms in total. The molecule has 0 saturated heterocycles. The second-order valence-corrected chi connectivity index (χ2v) is 15.0. The maximum atomic E-state index is 14.4. The Labute approximate surface area is 223 Å². The van der Waals surface area contributed by atoms with E-state index in [4.69, 9.17) is 4.74 Å². The van der Waals surface area contributed by atoms with E-state index in [9.17, 15) is 19.5 Å². The molecule has 206 valence electrons. The molecule has 4 fully saturated rings. The number of carboxylic acid groups (broad SMARTS) is 1. The summed E-state index contributed by atoms with van der Waals surface area (Å²) in [5.74, 6) is 0.0756. The minimum atomic E-state index is -1.20. The molecule has 11 atom stereocenters. The zero-order valence-corrected chi connectivity index (χ0v) is 24.3. The summed E-state index contributed by atoms with van der Waals surface area (Å²) in [5, 5.41) is 10.5. The van der Waals surface area contributed by atoms with Gasteiger partial charge in [-0.05, 0) is 110 Å². The van der Waals surface area contributed by atoms with Crippen LogP contribution in [0.4, 0.5) is 0 Å². The molecule has 0 aromatic carbocycles. The van der Waals surface area contributed by atoms with Gasteiger partial charge in [0.2, 0.25) is 0 Å². The van der Waals surface area contributed by atoms with Crippen LogP contribution in [0.1, 0.15) is 107 Å². The Kier molecular flexibility index (Phi) is 5.95. The number of ketones is 1.